The van der Waals surface area contributed by atoms with Crippen molar-refractivity contribution >= 4 is 0 Å². The molecule has 0 bridgehead atoms. The van der Waals surface area contributed by atoms with Gasteiger partial charge in [-0.15, -0.1) is 0 Å². The molecule has 4 nitrogen and oxygen atoms in total. The van der Waals surface area contributed by atoms with Crippen molar-refractivity contribution in [1.82, 2.24) is 10.1 Å². The fourth-order valence-electron chi connectivity index (χ4n) is 2.90. The number of nitrogens with zero attached hydrogens (tertiary/aromatic N) is 2. The summed E-state index contributed by atoms with van der Waals surface area (Å²) >= 11 is 0. The van der Waals surface area contributed by atoms with Gasteiger partial charge in [0.25, 0.3) is 0 Å². The summed E-state index contributed by atoms with van der Waals surface area (Å²) in [5.74, 6) is 0.741. The summed E-state index contributed by atoms with van der Waals surface area (Å²) in [4.78, 5) is 4.46. The molecule has 1 fully saturated rings. The van der Waals surface area contributed by atoms with Gasteiger partial charge in [0.2, 0.25) is 11.7 Å². The molecule has 1 aromatic carbocycles. The summed E-state index contributed by atoms with van der Waals surface area (Å²) in [6.45, 7) is 1.72. The first kappa shape index (κ1) is 14.2. The molecule has 1 aliphatic rings. The quantitative estimate of drug-likeness (QED) is 0.856. The van der Waals surface area contributed by atoms with Crippen molar-refractivity contribution in [2.24, 2.45) is 5.73 Å². The highest BCUT2D eigenvalue weighted by atomic mass is 19.1. The van der Waals surface area contributed by atoms with Crippen LogP contribution in [0.4, 0.5) is 4.39 Å². The van der Waals surface area contributed by atoms with Crippen LogP contribution in [-0.4, -0.2) is 10.1 Å². The smallest absolute Gasteiger partial charge is 0.247 e. The minimum absolute atomic E-state index is 0.235. The highest BCUT2D eigenvalue weighted by Crippen LogP contribution is 2.33. The summed E-state index contributed by atoms with van der Waals surface area (Å²) in [5.41, 5.74) is 7.27. The van der Waals surface area contributed by atoms with Gasteiger partial charge in [0.1, 0.15) is 5.82 Å². The maximum Gasteiger partial charge on any atom is 0.247 e. The van der Waals surface area contributed by atoms with Crippen molar-refractivity contribution < 1.29 is 8.91 Å². The van der Waals surface area contributed by atoms with Gasteiger partial charge in [-0.2, -0.15) is 4.98 Å². The van der Waals surface area contributed by atoms with E-state index in [0.717, 1.165) is 31.2 Å². The van der Waals surface area contributed by atoms with E-state index in [1.54, 1.807) is 19.1 Å². The second-order valence-electron chi connectivity index (χ2n) is 5.96. The maximum atomic E-state index is 13.3. The maximum absolute atomic E-state index is 13.3. The van der Waals surface area contributed by atoms with E-state index < -0.39 is 5.54 Å². The highest BCUT2D eigenvalue weighted by molar-refractivity contribution is 5.55. The van der Waals surface area contributed by atoms with Crippen LogP contribution in [0.15, 0.2) is 22.7 Å². The third-order valence-electron chi connectivity index (χ3n) is 4.26. The third kappa shape index (κ3) is 2.83. The van der Waals surface area contributed by atoms with Gasteiger partial charge in [-0.3, -0.25) is 0 Å². The van der Waals surface area contributed by atoms with Gasteiger partial charge in [0.15, 0.2) is 0 Å². The molecule has 0 unspecified atom stereocenters. The van der Waals surface area contributed by atoms with Crippen LogP contribution in [-0.2, 0) is 5.54 Å². The molecule has 0 spiro atoms. The van der Waals surface area contributed by atoms with E-state index in [9.17, 15) is 4.39 Å². The Hall–Kier alpha value is -1.75. The number of nitrogens with two attached hydrogens (primary N) is 1. The standard InChI is InChI=1S/C16H20FN3O/c1-11-10-12(6-7-13(11)17)14-19-15(21-20-14)16(18)8-4-2-3-5-9-16/h6-7,10H,2-5,8-9,18H2,1H3. The minimum Gasteiger partial charge on any atom is -0.337 e. The minimum atomic E-state index is -0.517. The Kier molecular flexibility index (Phi) is 3.76. The first-order valence-corrected chi connectivity index (χ1v) is 7.48. The topological polar surface area (TPSA) is 64.9 Å². The largest absolute Gasteiger partial charge is 0.337 e. The van der Waals surface area contributed by atoms with E-state index in [-0.39, 0.29) is 5.82 Å². The molecule has 5 heteroatoms. The average Bonchev–Trinajstić information content (AvgIpc) is 2.86. The van der Waals surface area contributed by atoms with Gasteiger partial charge >= 0.3 is 0 Å². The first-order chi connectivity index (χ1) is 10.1. The molecular formula is C16H20FN3O. The number of aryl methyl sites for hydroxylation is 1. The molecule has 0 radical (unpaired) electrons. The lowest BCUT2D eigenvalue weighted by molar-refractivity contribution is 0.257. The molecule has 2 aromatic rings. The lowest BCUT2D eigenvalue weighted by Gasteiger charge is -2.22. The molecule has 3 rings (SSSR count). The van der Waals surface area contributed by atoms with Crippen LogP contribution >= 0.6 is 0 Å². The van der Waals surface area contributed by atoms with Gasteiger partial charge in [0, 0.05) is 5.56 Å². The Labute approximate surface area is 123 Å². The van der Waals surface area contributed by atoms with E-state index in [2.05, 4.69) is 10.1 Å². The van der Waals surface area contributed by atoms with E-state index in [4.69, 9.17) is 10.3 Å². The molecule has 1 saturated carbocycles. The van der Waals surface area contributed by atoms with Gasteiger partial charge in [-0.05, 0) is 43.5 Å². The molecule has 21 heavy (non-hydrogen) atoms. The van der Waals surface area contributed by atoms with Crippen LogP contribution in [0.1, 0.15) is 50.0 Å². The van der Waals surface area contributed by atoms with Crippen LogP contribution in [0.5, 0.6) is 0 Å². The van der Waals surface area contributed by atoms with Gasteiger partial charge in [-0.1, -0.05) is 30.8 Å². The van der Waals surface area contributed by atoms with Gasteiger partial charge in [-0.25, -0.2) is 4.39 Å². The Bertz CT molecular complexity index is 630. The van der Waals surface area contributed by atoms with Crippen LogP contribution in [0.25, 0.3) is 11.4 Å². The van der Waals surface area contributed by atoms with Crippen molar-refractivity contribution in [2.45, 2.75) is 51.0 Å². The fourth-order valence-corrected chi connectivity index (χ4v) is 2.90. The summed E-state index contributed by atoms with van der Waals surface area (Å²) in [5, 5.41) is 4.02. The van der Waals surface area contributed by atoms with Crippen molar-refractivity contribution in [3.63, 3.8) is 0 Å². The Morgan fingerprint density at radius 3 is 2.57 bits per heavy atom. The Morgan fingerprint density at radius 1 is 1.19 bits per heavy atom. The molecule has 1 aliphatic carbocycles. The summed E-state index contributed by atoms with van der Waals surface area (Å²) in [6, 6.07) is 4.80. The number of aromatic nitrogens is 2. The van der Waals surface area contributed by atoms with Crippen LogP contribution < -0.4 is 5.73 Å². The average molecular weight is 289 g/mol. The number of hydrogen-bond acceptors (Lipinski definition) is 4. The first-order valence-electron chi connectivity index (χ1n) is 7.48. The van der Waals surface area contributed by atoms with Crippen molar-refractivity contribution in [2.75, 3.05) is 0 Å². The molecule has 0 saturated heterocycles. The number of hydrogen-bond donors (Lipinski definition) is 1. The van der Waals surface area contributed by atoms with E-state index in [0.29, 0.717) is 17.3 Å². The van der Waals surface area contributed by atoms with E-state index in [1.165, 1.54) is 18.9 Å². The predicted molar refractivity (Wildman–Crippen MR) is 78.0 cm³/mol. The monoisotopic (exact) mass is 289 g/mol. The second kappa shape index (κ2) is 5.56. The van der Waals surface area contributed by atoms with Crippen molar-refractivity contribution in [3.8, 4) is 11.4 Å². The van der Waals surface area contributed by atoms with Crippen LogP contribution in [0.2, 0.25) is 0 Å². The van der Waals surface area contributed by atoms with E-state index >= 15 is 0 Å². The van der Waals surface area contributed by atoms with Crippen LogP contribution in [0, 0.1) is 12.7 Å². The predicted octanol–water partition coefficient (Wildman–Crippen LogP) is 3.69. The molecule has 112 valence electrons. The fraction of sp³-hybridized carbons (Fsp3) is 0.500. The summed E-state index contributed by atoms with van der Waals surface area (Å²) in [6.07, 6.45) is 6.33. The van der Waals surface area contributed by atoms with Crippen molar-refractivity contribution in [3.05, 3.63) is 35.5 Å². The Balaban J connectivity index is 1.90. The SMILES string of the molecule is Cc1cc(-c2noc(C3(N)CCCCCC3)n2)ccc1F. The molecule has 0 aliphatic heterocycles. The van der Waals surface area contributed by atoms with Gasteiger partial charge in [0.05, 0.1) is 5.54 Å². The van der Waals surface area contributed by atoms with E-state index in [1.807, 2.05) is 0 Å². The normalized spacial score (nSPS) is 18.4. The Morgan fingerprint density at radius 2 is 1.90 bits per heavy atom. The zero-order valence-corrected chi connectivity index (χ0v) is 12.2. The summed E-state index contributed by atoms with van der Waals surface area (Å²) in [7, 11) is 0. The third-order valence-corrected chi connectivity index (χ3v) is 4.26. The zero-order chi connectivity index (χ0) is 14.9. The molecule has 0 atom stereocenters. The van der Waals surface area contributed by atoms with Gasteiger partial charge < -0.3 is 10.3 Å². The number of halogens is 1. The number of benzene rings is 1. The summed E-state index contributed by atoms with van der Waals surface area (Å²) < 4.78 is 18.7. The second-order valence-corrected chi connectivity index (χ2v) is 5.96. The molecule has 2 N–H and O–H groups in total. The molecule has 1 aromatic heterocycles. The van der Waals surface area contributed by atoms with Crippen molar-refractivity contribution in [1.29, 1.82) is 0 Å². The number of rotatable bonds is 2. The molecular weight excluding hydrogens is 269 g/mol. The zero-order valence-electron chi connectivity index (χ0n) is 12.2. The lowest BCUT2D eigenvalue weighted by Crippen LogP contribution is -2.36. The highest BCUT2D eigenvalue weighted by Gasteiger charge is 2.34. The molecule has 1 heterocycles. The van der Waals surface area contributed by atoms with Crippen LogP contribution in [0.3, 0.4) is 0 Å². The lowest BCUT2D eigenvalue weighted by atomic mass is 9.91. The molecule has 0 amide bonds.